The van der Waals surface area contributed by atoms with Crippen molar-refractivity contribution in [3.8, 4) is 11.3 Å². The van der Waals surface area contributed by atoms with Gasteiger partial charge in [0.05, 0.1) is 33.2 Å². The summed E-state index contributed by atoms with van der Waals surface area (Å²) in [6, 6.07) is 5.68. The standard InChI is InChI=1S/C25H27ClN6O2S/c1-6-19-17(13(2)3)9-20(35-19)24(33)31-22-14(4)7-8-16(21(22)26)18-12-32(5)25(34)23(30-18)29-15-10-27-28-11-15/h7-13H,6H2,1-5H3,(H,27,28)(H,29,30)(H,31,33). The first kappa shape index (κ1) is 24.7. The molecule has 0 saturated carbocycles. The van der Waals surface area contributed by atoms with Crippen LogP contribution in [0.3, 0.4) is 0 Å². The number of halogens is 1. The Morgan fingerprint density at radius 1 is 1.31 bits per heavy atom. The van der Waals surface area contributed by atoms with Crippen molar-refractivity contribution >= 4 is 46.0 Å². The van der Waals surface area contributed by atoms with Gasteiger partial charge >= 0.3 is 0 Å². The second-order valence-electron chi connectivity index (χ2n) is 8.57. The number of amides is 1. The van der Waals surface area contributed by atoms with Crippen LogP contribution in [0.5, 0.6) is 0 Å². The van der Waals surface area contributed by atoms with E-state index in [1.807, 2.05) is 25.1 Å². The molecule has 0 saturated heterocycles. The predicted molar refractivity (Wildman–Crippen MR) is 142 cm³/mol. The molecule has 3 heterocycles. The van der Waals surface area contributed by atoms with Crippen molar-refractivity contribution < 1.29 is 4.79 Å². The molecule has 8 nitrogen and oxygen atoms in total. The van der Waals surface area contributed by atoms with Gasteiger partial charge in [-0.15, -0.1) is 11.3 Å². The number of carbonyl (C=O) groups excluding carboxylic acids is 1. The number of nitrogens with zero attached hydrogens (tertiary/aromatic N) is 3. The number of hydrogen-bond acceptors (Lipinski definition) is 6. The molecule has 0 unspecified atom stereocenters. The van der Waals surface area contributed by atoms with E-state index in [9.17, 15) is 9.59 Å². The van der Waals surface area contributed by atoms with Crippen LogP contribution in [0, 0.1) is 6.92 Å². The molecule has 0 spiro atoms. The third-order valence-corrected chi connectivity index (χ3v) is 7.39. The molecule has 0 aliphatic rings. The molecule has 0 aliphatic heterocycles. The molecule has 10 heteroatoms. The lowest BCUT2D eigenvalue weighted by molar-refractivity contribution is 0.103. The zero-order valence-electron chi connectivity index (χ0n) is 20.2. The second kappa shape index (κ2) is 10.1. The highest BCUT2D eigenvalue weighted by Gasteiger charge is 2.20. The smallest absolute Gasteiger partial charge is 0.293 e. The van der Waals surface area contributed by atoms with Crippen molar-refractivity contribution in [2.45, 2.75) is 40.0 Å². The number of H-pyrrole nitrogens is 1. The van der Waals surface area contributed by atoms with Gasteiger partial charge in [-0.05, 0) is 36.5 Å². The molecule has 1 aromatic carbocycles. The molecule has 0 bridgehead atoms. The molecule has 0 aliphatic carbocycles. The summed E-state index contributed by atoms with van der Waals surface area (Å²) in [6.45, 7) is 8.24. The summed E-state index contributed by atoms with van der Waals surface area (Å²) in [7, 11) is 1.65. The molecule has 35 heavy (non-hydrogen) atoms. The fourth-order valence-electron chi connectivity index (χ4n) is 3.79. The number of thiophene rings is 1. The van der Waals surface area contributed by atoms with E-state index in [0.29, 0.717) is 38.4 Å². The number of benzene rings is 1. The average Bonchev–Trinajstić information content (AvgIpc) is 3.49. The summed E-state index contributed by atoms with van der Waals surface area (Å²) in [6.07, 6.45) is 5.68. The minimum absolute atomic E-state index is 0.139. The molecule has 4 rings (SSSR count). The van der Waals surface area contributed by atoms with E-state index in [-0.39, 0.29) is 17.3 Å². The van der Waals surface area contributed by atoms with Crippen LogP contribution in [-0.2, 0) is 13.5 Å². The molecule has 0 radical (unpaired) electrons. The minimum atomic E-state index is -0.294. The zero-order valence-corrected chi connectivity index (χ0v) is 21.8. The summed E-state index contributed by atoms with van der Waals surface area (Å²) >= 11 is 8.32. The number of aromatic amines is 1. The van der Waals surface area contributed by atoms with Crippen molar-refractivity contribution in [2.24, 2.45) is 7.05 Å². The first-order valence-electron chi connectivity index (χ1n) is 11.3. The Kier molecular flexibility index (Phi) is 7.09. The number of carbonyl (C=O) groups is 1. The monoisotopic (exact) mass is 510 g/mol. The van der Waals surface area contributed by atoms with E-state index in [1.54, 1.807) is 25.6 Å². The van der Waals surface area contributed by atoms with Crippen molar-refractivity contribution in [2.75, 3.05) is 10.6 Å². The molecule has 3 aromatic heterocycles. The lowest BCUT2D eigenvalue weighted by Crippen LogP contribution is -2.21. The molecule has 0 atom stereocenters. The summed E-state index contributed by atoms with van der Waals surface area (Å²) in [5.74, 6) is 0.284. The number of nitrogens with one attached hydrogen (secondary N) is 3. The second-order valence-corrected chi connectivity index (χ2v) is 10.1. The van der Waals surface area contributed by atoms with Crippen LogP contribution in [0.4, 0.5) is 17.2 Å². The van der Waals surface area contributed by atoms with Gasteiger partial charge in [-0.3, -0.25) is 14.7 Å². The average molecular weight is 511 g/mol. The Morgan fingerprint density at radius 2 is 2.09 bits per heavy atom. The van der Waals surface area contributed by atoms with Gasteiger partial charge in [-0.2, -0.15) is 5.10 Å². The number of rotatable bonds is 7. The van der Waals surface area contributed by atoms with E-state index in [2.05, 4.69) is 46.6 Å². The van der Waals surface area contributed by atoms with Crippen LogP contribution in [-0.4, -0.2) is 25.7 Å². The van der Waals surface area contributed by atoms with Crippen LogP contribution in [0.15, 0.2) is 41.6 Å². The first-order chi connectivity index (χ1) is 16.7. The number of anilines is 3. The van der Waals surface area contributed by atoms with E-state index >= 15 is 0 Å². The van der Waals surface area contributed by atoms with Gasteiger partial charge < -0.3 is 15.2 Å². The Labute approximate surface area is 212 Å². The molecule has 0 fully saturated rings. The molecule has 1 amide bonds. The fraction of sp³-hybridized carbons (Fsp3) is 0.280. The topological polar surface area (TPSA) is 105 Å². The Morgan fingerprint density at radius 3 is 2.71 bits per heavy atom. The van der Waals surface area contributed by atoms with Gasteiger partial charge in [-0.25, -0.2) is 4.98 Å². The predicted octanol–water partition coefficient (Wildman–Crippen LogP) is 5.88. The summed E-state index contributed by atoms with van der Waals surface area (Å²) < 4.78 is 1.44. The van der Waals surface area contributed by atoms with Crippen molar-refractivity contribution in [1.29, 1.82) is 0 Å². The highest BCUT2D eigenvalue weighted by atomic mass is 35.5. The third kappa shape index (κ3) is 5.01. The van der Waals surface area contributed by atoms with Gasteiger partial charge in [0, 0.05) is 29.9 Å². The van der Waals surface area contributed by atoms with E-state index in [0.717, 1.165) is 12.0 Å². The van der Waals surface area contributed by atoms with Gasteiger partial charge in [-0.1, -0.05) is 44.5 Å². The maximum Gasteiger partial charge on any atom is 0.293 e. The van der Waals surface area contributed by atoms with Gasteiger partial charge in [0.1, 0.15) is 0 Å². The van der Waals surface area contributed by atoms with Gasteiger partial charge in [0.25, 0.3) is 11.5 Å². The van der Waals surface area contributed by atoms with Crippen LogP contribution < -0.4 is 16.2 Å². The van der Waals surface area contributed by atoms with Crippen molar-refractivity contribution in [3.63, 3.8) is 0 Å². The van der Waals surface area contributed by atoms with Crippen LogP contribution >= 0.6 is 22.9 Å². The highest BCUT2D eigenvalue weighted by Crippen LogP contribution is 2.37. The van der Waals surface area contributed by atoms with E-state index in [4.69, 9.17) is 11.6 Å². The van der Waals surface area contributed by atoms with E-state index < -0.39 is 0 Å². The number of aryl methyl sites for hydroxylation is 3. The SMILES string of the molecule is CCc1sc(C(=O)Nc2c(C)ccc(-c3cn(C)c(=O)c(Nc4cn[nH]c4)n3)c2Cl)cc1C(C)C. The van der Waals surface area contributed by atoms with Crippen molar-refractivity contribution in [3.05, 3.63) is 73.0 Å². The Bertz CT molecular complexity index is 1440. The maximum atomic E-state index is 13.2. The van der Waals surface area contributed by atoms with E-state index in [1.165, 1.54) is 26.3 Å². The first-order valence-corrected chi connectivity index (χ1v) is 12.5. The van der Waals surface area contributed by atoms with Gasteiger partial charge in [0.15, 0.2) is 5.82 Å². The number of aromatic nitrogens is 4. The Balaban J connectivity index is 1.70. The van der Waals surface area contributed by atoms with Gasteiger partial charge in [0.2, 0.25) is 0 Å². The maximum absolute atomic E-state index is 13.2. The lowest BCUT2D eigenvalue weighted by atomic mass is 10.0. The van der Waals surface area contributed by atoms with Crippen LogP contribution in [0.25, 0.3) is 11.3 Å². The largest absolute Gasteiger partial charge is 0.333 e. The number of hydrogen-bond donors (Lipinski definition) is 3. The van der Waals surface area contributed by atoms with Crippen molar-refractivity contribution in [1.82, 2.24) is 19.7 Å². The highest BCUT2D eigenvalue weighted by molar-refractivity contribution is 7.14. The molecular formula is C25H27ClN6O2S. The third-order valence-electron chi connectivity index (χ3n) is 5.71. The van der Waals surface area contributed by atoms with Crippen LogP contribution in [0.2, 0.25) is 5.02 Å². The molecule has 3 N–H and O–H groups in total. The summed E-state index contributed by atoms with van der Waals surface area (Å²) in [5.41, 5.74) is 3.95. The molecular weight excluding hydrogens is 484 g/mol. The fourth-order valence-corrected chi connectivity index (χ4v) is 5.30. The zero-order chi connectivity index (χ0) is 25.3. The summed E-state index contributed by atoms with van der Waals surface area (Å²) in [4.78, 5) is 32.1. The normalized spacial score (nSPS) is 11.2. The quantitative estimate of drug-likeness (QED) is 0.288. The molecule has 4 aromatic rings. The Hall–Kier alpha value is -3.43. The lowest BCUT2D eigenvalue weighted by Gasteiger charge is -2.15. The minimum Gasteiger partial charge on any atom is -0.333 e. The van der Waals surface area contributed by atoms with Crippen LogP contribution in [0.1, 0.15) is 52.4 Å². The molecule has 182 valence electrons. The summed E-state index contributed by atoms with van der Waals surface area (Å²) in [5, 5.41) is 12.9.